The van der Waals surface area contributed by atoms with Crippen LogP contribution in [0.15, 0.2) is 48.5 Å². The zero-order chi connectivity index (χ0) is 22.9. The number of likely N-dealkylation sites (tertiary alicyclic amines) is 1. The van der Waals surface area contributed by atoms with Crippen molar-refractivity contribution in [3.8, 4) is 11.1 Å². The normalized spacial score (nSPS) is 21.0. The highest BCUT2D eigenvalue weighted by atomic mass is 16.5. The maximum Gasteiger partial charge on any atom is 0.407 e. The van der Waals surface area contributed by atoms with E-state index in [0.717, 1.165) is 6.42 Å². The number of carboxylic acids is 1. The zero-order valence-corrected chi connectivity index (χ0v) is 18.1. The Bertz CT molecular complexity index is 1030. The Labute approximate surface area is 191 Å². The fourth-order valence-corrected chi connectivity index (χ4v) is 4.79. The second-order valence-electron chi connectivity index (χ2n) is 8.88. The van der Waals surface area contributed by atoms with E-state index < -0.39 is 12.1 Å². The standard InChI is InChI=1S/C25H26N2O6/c28-23(29)14-32-16-11-27(12-16)24(30)21-9-15(21)10-26-25(31)33-13-22-19-7-3-1-5-17(19)18-6-2-4-8-20(18)22/h1-8,15-16,21-22H,9-14H2,(H,26,31)(H,28,29)/t15-,21-/m1/s1. The lowest BCUT2D eigenvalue weighted by molar-refractivity contribution is -0.155. The molecule has 2 fully saturated rings. The first-order valence-corrected chi connectivity index (χ1v) is 11.2. The molecule has 0 aromatic heterocycles. The molecule has 8 nitrogen and oxygen atoms in total. The summed E-state index contributed by atoms with van der Waals surface area (Å²) in [5, 5.41) is 11.4. The van der Waals surface area contributed by atoms with Gasteiger partial charge in [-0.1, -0.05) is 48.5 Å². The third kappa shape index (κ3) is 4.43. The molecule has 1 saturated heterocycles. The Morgan fingerprint density at radius 3 is 2.27 bits per heavy atom. The van der Waals surface area contributed by atoms with Crippen LogP contribution in [0.2, 0.25) is 0 Å². The Kier molecular flexibility index (Phi) is 5.76. The van der Waals surface area contributed by atoms with E-state index >= 15 is 0 Å². The van der Waals surface area contributed by atoms with Gasteiger partial charge in [0.25, 0.3) is 0 Å². The summed E-state index contributed by atoms with van der Waals surface area (Å²) in [6, 6.07) is 16.4. The Balaban J connectivity index is 1.05. The second kappa shape index (κ2) is 8.86. The fourth-order valence-electron chi connectivity index (χ4n) is 4.79. The highest BCUT2D eigenvalue weighted by molar-refractivity contribution is 5.83. The van der Waals surface area contributed by atoms with Gasteiger partial charge in [0.1, 0.15) is 13.2 Å². The van der Waals surface area contributed by atoms with Crippen LogP contribution in [-0.2, 0) is 19.1 Å². The molecular formula is C25H26N2O6. The van der Waals surface area contributed by atoms with Crippen LogP contribution in [0.25, 0.3) is 11.1 Å². The number of carbonyl (C=O) groups is 3. The summed E-state index contributed by atoms with van der Waals surface area (Å²) in [6.45, 7) is 1.17. The van der Waals surface area contributed by atoms with Crippen LogP contribution >= 0.6 is 0 Å². The average Bonchev–Trinajstić information content (AvgIpc) is 3.50. The number of benzene rings is 2. The van der Waals surface area contributed by atoms with Crippen LogP contribution in [0.1, 0.15) is 23.5 Å². The van der Waals surface area contributed by atoms with E-state index in [9.17, 15) is 14.4 Å². The molecule has 0 unspecified atom stereocenters. The van der Waals surface area contributed by atoms with E-state index in [4.69, 9.17) is 14.6 Å². The molecule has 33 heavy (non-hydrogen) atoms. The van der Waals surface area contributed by atoms with Crippen molar-refractivity contribution in [1.82, 2.24) is 10.2 Å². The molecule has 1 heterocycles. The Morgan fingerprint density at radius 1 is 1.00 bits per heavy atom. The fraction of sp³-hybridized carbons (Fsp3) is 0.400. The number of nitrogens with one attached hydrogen (secondary N) is 1. The summed E-state index contributed by atoms with van der Waals surface area (Å²) in [5.41, 5.74) is 4.70. The van der Waals surface area contributed by atoms with Crippen molar-refractivity contribution in [2.45, 2.75) is 18.4 Å². The second-order valence-corrected chi connectivity index (χ2v) is 8.88. The van der Waals surface area contributed by atoms with Crippen molar-refractivity contribution in [3.05, 3.63) is 59.7 Å². The van der Waals surface area contributed by atoms with E-state index in [2.05, 4.69) is 29.6 Å². The minimum absolute atomic E-state index is 0.0149. The predicted octanol–water partition coefficient (Wildman–Crippen LogP) is 2.47. The van der Waals surface area contributed by atoms with Gasteiger partial charge in [0.15, 0.2) is 0 Å². The molecule has 0 radical (unpaired) electrons. The molecule has 3 aliphatic rings. The number of rotatable bonds is 8. The smallest absolute Gasteiger partial charge is 0.407 e. The van der Waals surface area contributed by atoms with Crippen LogP contribution in [0.5, 0.6) is 0 Å². The van der Waals surface area contributed by atoms with E-state index in [1.807, 2.05) is 24.3 Å². The first kappa shape index (κ1) is 21.5. The van der Waals surface area contributed by atoms with Gasteiger partial charge in [-0.15, -0.1) is 0 Å². The van der Waals surface area contributed by atoms with Crippen LogP contribution in [0.3, 0.4) is 0 Å². The molecule has 1 aliphatic heterocycles. The quantitative estimate of drug-likeness (QED) is 0.640. The van der Waals surface area contributed by atoms with Crippen molar-refractivity contribution >= 4 is 18.0 Å². The number of ether oxygens (including phenoxy) is 2. The molecule has 0 spiro atoms. The van der Waals surface area contributed by atoms with E-state index in [0.29, 0.717) is 19.6 Å². The van der Waals surface area contributed by atoms with Gasteiger partial charge in [-0.05, 0) is 34.6 Å². The molecular weight excluding hydrogens is 424 g/mol. The van der Waals surface area contributed by atoms with Crippen molar-refractivity contribution in [1.29, 1.82) is 0 Å². The number of hydrogen-bond donors (Lipinski definition) is 2. The van der Waals surface area contributed by atoms with Crippen molar-refractivity contribution in [2.75, 3.05) is 32.8 Å². The van der Waals surface area contributed by atoms with Gasteiger partial charge in [-0.2, -0.15) is 0 Å². The van der Waals surface area contributed by atoms with Gasteiger partial charge in [0.05, 0.1) is 6.10 Å². The van der Waals surface area contributed by atoms with Gasteiger partial charge >= 0.3 is 12.1 Å². The van der Waals surface area contributed by atoms with Crippen LogP contribution in [0, 0.1) is 11.8 Å². The van der Waals surface area contributed by atoms with Gasteiger partial charge in [0, 0.05) is 31.5 Å². The summed E-state index contributed by atoms with van der Waals surface area (Å²) < 4.78 is 10.7. The van der Waals surface area contributed by atoms with Crippen molar-refractivity contribution in [2.24, 2.45) is 11.8 Å². The molecule has 2 amide bonds. The van der Waals surface area contributed by atoms with Crippen molar-refractivity contribution < 1.29 is 29.0 Å². The third-order valence-corrected chi connectivity index (χ3v) is 6.69. The molecule has 2 N–H and O–H groups in total. The monoisotopic (exact) mass is 450 g/mol. The third-order valence-electron chi connectivity index (χ3n) is 6.69. The predicted molar refractivity (Wildman–Crippen MR) is 119 cm³/mol. The zero-order valence-electron chi connectivity index (χ0n) is 18.1. The SMILES string of the molecule is O=C(O)COC1CN(C(=O)[C@@H]2C[C@@H]2CNC(=O)OCC2c3ccccc3-c3ccccc32)C1. The highest BCUT2D eigenvalue weighted by Crippen LogP contribution is 2.44. The van der Waals surface area contributed by atoms with Crippen LogP contribution in [0.4, 0.5) is 4.79 Å². The molecule has 2 aromatic rings. The molecule has 2 aromatic carbocycles. The number of carboxylic acid groups (broad SMARTS) is 1. The molecule has 1 saturated carbocycles. The molecule has 2 aliphatic carbocycles. The number of alkyl carbamates (subject to hydrolysis) is 1. The minimum atomic E-state index is -1.01. The molecule has 172 valence electrons. The lowest BCUT2D eigenvalue weighted by Gasteiger charge is -2.38. The number of fused-ring (bicyclic) bond motifs is 3. The highest BCUT2D eigenvalue weighted by Gasteiger charge is 2.47. The maximum atomic E-state index is 12.5. The van der Waals surface area contributed by atoms with Crippen LogP contribution < -0.4 is 5.32 Å². The number of carbonyl (C=O) groups excluding carboxylic acids is 2. The van der Waals surface area contributed by atoms with Gasteiger partial charge in [-0.25, -0.2) is 9.59 Å². The first-order chi connectivity index (χ1) is 16.0. The number of amides is 2. The summed E-state index contributed by atoms with van der Waals surface area (Å²) in [7, 11) is 0. The molecule has 0 bridgehead atoms. The van der Waals surface area contributed by atoms with E-state index in [-0.39, 0.29) is 43.0 Å². The molecule has 5 rings (SSSR count). The maximum absolute atomic E-state index is 12.5. The Morgan fingerprint density at radius 2 is 1.64 bits per heavy atom. The number of hydrogen-bond acceptors (Lipinski definition) is 5. The van der Waals surface area contributed by atoms with Gasteiger partial charge in [0.2, 0.25) is 5.91 Å². The van der Waals surface area contributed by atoms with Gasteiger partial charge < -0.3 is 24.8 Å². The molecule has 2 atom stereocenters. The number of aliphatic carboxylic acids is 1. The average molecular weight is 450 g/mol. The summed E-state index contributed by atoms with van der Waals surface area (Å²) >= 11 is 0. The summed E-state index contributed by atoms with van der Waals surface area (Å²) in [4.78, 5) is 37.0. The van der Waals surface area contributed by atoms with E-state index in [1.165, 1.54) is 22.3 Å². The summed E-state index contributed by atoms with van der Waals surface area (Å²) in [6.07, 6.45) is 0.0573. The van der Waals surface area contributed by atoms with Gasteiger partial charge in [-0.3, -0.25) is 4.79 Å². The van der Waals surface area contributed by atoms with Crippen molar-refractivity contribution in [3.63, 3.8) is 0 Å². The summed E-state index contributed by atoms with van der Waals surface area (Å²) in [5.74, 6) is -0.941. The molecule has 8 heteroatoms. The topological polar surface area (TPSA) is 105 Å². The lowest BCUT2D eigenvalue weighted by atomic mass is 9.98. The number of nitrogens with zero attached hydrogens (tertiary/aromatic N) is 1. The largest absolute Gasteiger partial charge is 0.480 e. The van der Waals surface area contributed by atoms with E-state index in [1.54, 1.807) is 4.90 Å². The van der Waals surface area contributed by atoms with Crippen LogP contribution in [-0.4, -0.2) is 66.9 Å². The Hall–Kier alpha value is -3.39. The first-order valence-electron chi connectivity index (χ1n) is 11.2. The lowest BCUT2D eigenvalue weighted by Crippen LogP contribution is -2.55. The minimum Gasteiger partial charge on any atom is -0.480 e.